The molecule has 0 saturated carbocycles. The van der Waals surface area contributed by atoms with Gasteiger partial charge in [-0.2, -0.15) is 20.0 Å². The molecule has 0 unspecified atom stereocenters. The van der Waals surface area contributed by atoms with E-state index >= 15 is 0 Å². The molecule has 13 heteroatoms. The smallest absolute Gasteiger partial charge is 0.254 e. The van der Waals surface area contributed by atoms with Crippen molar-refractivity contribution in [2.24, 2.45) is 5.41 Å². The maximum atomic E-state index is 13.4. The van der Waals surface area contributed by atoms with Gasteiger partial charge in [-0.3, -0.25) is 23.7 Å². The van der Waals surface area contributed by atoms with Crippen molar-refractivity contribution in [3.05, 3.63) is 79.5 Å². The first-order valence-electron chi connectivity index (χ1n) is 12.2. The molecule has 0 fully saturated rings. The number of halogens is 1. The Bertz CT molecular complexity index is 1630. The first-order chi connectivity index (χ1) is 18.8. The monoisotopic (exact) mass is 581 g/mol. The number of rotatable bonds is 8. The number of nitrogens with one attached hydrogen (secondary N) is 1. The van der Waals surface area contributed by atoms with E-state index in [4.69, 9.17) is 11.6 Å². The number of amides is 1. The summed E-state index contributed by atoms with van der Waals surface area (Å²) in [4.78, 5) is 54.8. The maximum Gasteiger partial charge on any atom is 0.254 e. The highest BCUT2D eigenvalue weighted by atomic mass is 35.5. The molecule has 40 heavy (non-hydrogen) atoms. The third-order valence-corrected chi connectivity index (χ3v) is 7.10. The molecule has 11 nitrogen and oxygen atoms in total. The third kappa shape index (κ3) is 6.35. The van der Waals surface area contributed by atoms with Gasteiger partial charge in [0.25, 0.3) is 17.4 Å². The largest absolute Gasteiger partial charge is 0.365 e. The number of hydrogen-bond acceptors (Lipinski definition) is 9. The number of carbonyl (C=O) groups excluding carboxylic acids is 3. The van der Waals surface area contributed by atoms with Gasteiger partial charge in [0, 0.05) is 47.6 Å². The Morgan fingerprint density at radius 2 is 1.80 bits per heavy atom. The molecule has 4 heterocycles. The van der Waals surface area contributed by atoms with Crippen LogP contribution in [0.3, 0.4) is 0 Å². The molecule has 0 radical (unpaired) electrons. The summed E-state index contributed by atoms with van der Waals surface area (Å²) in [5.74, 6) is -0.692. The molecule has 1 N–H and O–H groups in total. The Labute approximate surface area is 239 Å². The number of ketones is 1. The predicted molar refractivity (Wildman–Crippen MR) is 153 cm³/mol. The van der Waals surface area contributed by atoms with Crippen LogP contribution < -0.4 is 10.9 Å². The Balaban J connectivity index is 1.85. The first kappa shape index (κ1) is 28.8. The summed E-state index contributed by atoms with van der Waals surface area (Å²) in [6, 6.07) is 9.46. The third-order valence-electron chi connectivity index (χ3n) is 5.87. The van der Waals surface area contributed by atoms with Crippen molar-refractivity contribution in [3.63, 3.8) is 0 Å². The van der Waals surface area contributed by atoms with E-state index in [1.165, 1.54) is 56.1 Å². The minimum absolute atomic E-state index is 0.124. The molecule has 0 bridgehead atoms. The van der Waals surface area contributed by atoms with Crippen LogP contribution in [0.2, 0.25) is 4.34 Å². The Morgan fingerprint density at radius 3 is 2.40 bits per heavy atom. The van der Waals surface area contributed by atoms with Crippen LogP contribution in [0.15, 0.2) is 53.6 Å². The molecule has 0 saturated heterocycles. The normalized spacial score (nSPS) is 11.3. The zero-order chi connectivity index (χ0) is 29.2. The van der Waals surface area contributed by atoms with Crippen molar-refractivity contribution in [1.29, 1.82) is 0 Å². The van der Waals surface area contributed by atoms with E-state index in [0.717, 1.165) is 4.88 Å². The molecule has 0 atom stereocenters. The van der Waals surface area contributed by atoms with Crippen LogP contribution in [0.4, 0.5) is 5.82 Å². The van der Waals surface area contributed by atoms with Crippen molar-refractivity contribution in [2.45, 2.75) is 33.9 Å². The molecule has 0 aliphatic carbocycles. The van der Waals surface area contributed by atoms with Crippen LogP contribution >= 0.6 is 22.9 Å². The van der Waals surface area contributed by atoms with Crippen molar-refractivity contribution < 1.29 is 14.4 Å². The number of anilines is 1. The SMILES string of the molecule is CN(C)C(=O)c1cc(-c2cc(NCc3ccc(Cl)s3)n(C(=O)C(C)(C)C)n2)n(CC(=O)c2ccnnc2)c(=O)c1. The molecule has 1 amide bonds. The summed E-state index contributed by atoms with van der Waals surface area (Å²) in [5.41, 5.74) is -0.521. The molecule has 4 aromatic rings. The Kier molecular flexibility index (Phi) is 8.31. The Morgan fingerprint density at radius 1 is 1.05 bits per heavy atom. The van der Waals surface area contributed by atoms with Gasteiger partial charge in [-0.05, 0) is 24.3 Å². The van der Waals surface area contributed by atoms with E-state index in [-0.39, 0.29) is 40.7 Å². The van der Waals surface area contributed by atoms with Crippen LogP contribution in [0.5, 0.6) is 0 Å². The average molecular weight is 582 g/mol. The number of pyridine rings is 1. The standard InChI is InChI=1S/C27H28ClN7O4S/c1-27(2,3)26(39)35-23(29-14-18-6-7-22(28)40-18)12-19(32-35)20-10-17(25(38)33(4)5)11-24(37)34(20)15-21(36)16-8-9-30-31-13-16/h6-13,29H,14-15H2,1-5H3. The van der Waals surface area contributed by atoms with E-state index in [1.54, 1.807) is 47.0 Å². The lowest BCUT2D eigenvalue weighted by molar-refractivity contribution is 0.0751. The molecule has 4 rings (SSSR count). The van der Waals surface area contributed by atoms with E-state index in [1.807, 2.05) is 6.07 Å². The lowest BCUT2D eigenvalue weighted by Crippen LogP contribution is -2.30. The summed E-state index contributed by atoms with van der Waals surface area (Å²) in [7, 11) is 3.15. The lowest BCUT2D eigenvalue weighted by Gasteiger charge is -2.18. The Hall–Kier alpha value is -4.16. The van der Waals surface area contributed by atoms with Gasteiger partial charge in [-0.25, -0.2) is 0 Å². The molecule has 4 aromatic heterocycles. The van der Waals surface area contributed by atoms with Crippen LogP contribution in [0.25, 0.3) is 11.4 Å². The molecular formula is C27H28ClN7O4S. The van der Waals surface area contributed by atoms with Crippen LogP contribution in [0.1, 0.15) is 51.2 Å². The van der Waals surface area contributed by atoms with Gasteiger partial charge >= 0.3 is 0 Å². The summed E-state index contributed by atoms with van der Waals surface area (Å²) in [6.07, 6.45) is 2.70. The zero-order valence-electron chi connectivity index (χ0n) is 22.6. The van der Waals surface area contributed by atoms with Crippen molar-refractivity contribution in [1.82, 2.24) is 29.4 Å². The maximum absolute atomic E-state index is 13.4. The summed E-state index contributed by atoms with van der Waals surface area (Å²) in [5, 5.41) is 15.2. The number of nitrogens with zero attached hydrogens (tertiary/aromatic N) is 6. The van der Waals surface area contributed by atoms with Crippen molar-refractivity contribution in [2.75, 3.05) is 19.4 Å². The minimum atomic E-state index is -0.779. The van der Waals surface area contributed by atoms with Gasteiger partial charge in [0.1, 0.15) is 11.5 Å². The number of thiophene rings is 1. The van der Waals surface area contributed by atoms with Gasteiger partial charge < -0.3 is 10.2 Å². The highest BCUT2D eigenvalue weighted by Crippen LogP contribution is 2.28. The summed E-state index contributed by atoms with van der Waals surface area (Å²) >= 11 is 7.47. The number of hydrogen-bond donors (Lipinski definition) is 1. The van der Waals surface area contributed by atoms with E-state index in [0.29, 0.717) is 16.7 Å². The zero-order valence-corrected chi connectivity index (χ0v) is 24.2. The van der Waals surface area contributed by atoms with Crippen LogP contribution in [0, 0.1) is 5.41 Å². The second-order valence-corrected chi connectivity index (χ2v) is 12.0. The second-order valence-electron chi connectivity index (χ2n) is 10.2. The van der Waals surface area contributed by atoms with Gasteiger partial charge in [-0.1, -0.05) is 32.4 Å². The lowest BCUT2D eigenvalue weighted by atomic mass is 9.96. The molecule has 0 aliphatic heterocycles. The number of Topliss-reactive ketones (excluding diaryl/α,β-unsaturated/α-hetero) is 1. The molecule has 208 valence electrons. The van der Waals surface area contributed by atoms with Crippen molar-refractivity contribution >= 4 is 46.4 Å². The first-order valence-corrected chi connectivity index (χ1v) is 13.4. The minimum Gasteiger partial charge on any atom is -0.365 e. The van der Waals surface area contributed by atoms with Crippen LogP contribution in [-0.4, -0.2) is 61.1 Å². The fourth-order valence-corrected chi connectivity index (χ4v) is 4.80. The predicted octanol–water partition coefficient (Wildman–Crippen LogP) is 4.10. The summed E-state index contributed by atoms with van der Waals surface area (Å²) in [6.45, 7) is 5.35. The van der Waals surface area contributed by atoms with E-state index in [2.05, 4.69) is 20.6 Å². The molecule has 0 aromatic carbocycles. The van der Waals surface area contributed by atoms with Crippen LogP contribution in [-0.2, 0) is 13.1 Å². The number of aromatic nitrogens is 5. The van der Waals surface area contributed by atoms with Gasteiger partial charge in [0.15, 0.2) is 5.78 Å². The van der Waals surface area contributed by atoms with E-state index in [9.17, 15) is 19.2 Å². The van der Waals surface area contributed by atoms with Gasteiger partial charge in [0.2, 0.25) is 0 Å². The number of carbonyl (C=O) groups is 3. The van der Waals surface area contributed by atoms with Gasteiger partial charge in [-0.15, -0.1) is 11.3 Å². The van der Waals surface area contributed by atoms with Crippen molar-refractivity contribution in [3.8, 4) is 11.4 Å². The molecule has 0 spiro atoms. The fraction of sp³-hybridized carbons (Fsp3) is 0.296. The highest BCUT2D eigenvalue weighted by molar-refractivity contribution is 7.16. The quantitative estimate of drug-likeness (QED) is 0.308. The topological polar surface area (TPSA) is 132 Å². The van der Waals surface area contributed by atoms with E-state index < -0.39 is 16.9 Å². The average Bonchev–Trinajstić information content (AvgIpc) is 3.53. The molecular weight excluding hydrogens is 554 g/mol. The summed E-state index contributed by atoms with van der Waals surface area (Å²) < 4.78 is 3.11. The fourth-order valence-electron chi connectivity index (χ4n) is 3.77. The molecule has 0 aliphatic rings. The van der Waals surface area contributed by atoms with Gasteiger partial charge in [0.05, 0.1) is 35.5 Å². The highest BCUT2D eigenvalue weighted by Gasteiger charge is 2.28. The second kappa shape index (κ2) is 11.5.